The number of rotatable bonds is 5. The van der Waals surface area contributed by atoms with Crippen molar-refractivity contribution in [3.63, 3.8) is 0 Å². The molecule has 0 aliphatic carbocycles. The lowest BCUT2D eigenvalue weighted by Crippen LogP contribution is -2.15. The first kappa shape index (κ1) is 18.8. The standard InChI is InChI=1S/C20H19F3N2O2/c1-12(27-16-6-4-15(5-7-16)20(21,22)23)9-14-3-8-18-17(10-14)19(11-24-18)25-13(2)26/h3-8,10-12,24H,9H2,1-2H3,(H,25,26). The normalized spacial score (nSPS) is 12.8. The van der Waals surface area contributed by atoms with Crippen LogP contribution in [0.15, 0.2) is 48.7 Å². The van der Waals surface area contributed by atoms with Gasteiger partial charge in [0.2, 0.25) is 5.91 Å². The summed E-state index contributed by atoms with van der Waals surface area (Å²) < 4.78 is 43.6. The molecular formula is C20H19F3N2O2. The van der Waals surface area contributed by atoms with Gasteiger partial charge >= 0.3 is 6.18 Å². The molecule has 0 saturated heterocycles. The molecular weight excluding hydrogens is 357 g/mol. The molecule has 3 aromatic rings. The van der Waals surface area contributed by atoms with E-state index in [9.17, 15) is 18.0 Å². The number of nitrogens with one attached hydrogen (secondary N) is 2. The van der Waals surface area contributed by atoms with Gasteiger partial charge in [0.15, 0.2) is 0 Å². The van der Waals surface area contributed by atoms with Crippen molar-refractivity contribution in [1.29, 1.82) is 0 Å². The molecule has 0 spiro atoms. The Kier molecular flexibility index (Phi) is 5.12. The first-order valence-electron chi connectivity index (χ1n) is 8.44. The SMILES string of the molecule is CC(=O)Nc1c[nH]c2ccc(CC(C)Oc3ccc(C(F)(F)F)cc3)cc12. The summed E-state index contributed by atoms with van der Waals surface area (Å²) in [4.78, 5) is 14.4. The second-order valence-corrected chi connectivity index (χ2v) is 6.42. The van der Waals surface area contributed by atoms with Gasteiger partial charge in [-0.1, -0.05) is 6.07 Å². The minimum atomic E-state index is -4.36. The van der Waals surface area contributed by atoms with E-state index in [4.69, 9.17) is 4.74 Å². The van der Waals surface area contributed by atoms with Gasteiger partial charge in [0.05, 0.1) is 17.4 Å². The number of anilines is 1. The largest absolute Gasteiger partial charge is 0.490 e. The summed E-state index contributed by atoms with van der Waals surface area (Å²) in [6.45, 7) is 3.30. The highest BCUT2D eigenvalue weighted by Crippen LogP contribution is 2.30. The Morgan fingerprint density at radius 3 is 2.52 bits per heavy atom. The summed E-state index contributed by atoms with van der Waals surface area (Å²) in [5, 5.41) is 3.67. The van der Waals surface area contributed by atoms with E-state index in [1.165, 1.54) is 19.1 Å². The highest BCUT2D eigenvalue weighted by molar-refractivity contribution is 6.01. The Balaban J connectivity index is 1.70. The summed E-state index contributed by atoms with van der Waals surface area (Å²) in [6.07, 6.45) is -2.29. The van der Waals surface area contributed by atoms with E-state index in [2.05, 4.69) is 10.3 Å². The van der Waals surface area contributed by atoms with Crippen molar-refractivity contribution in [1.82, 2.24) is 4.98 Å². The monoisotopic (exact) mass is 376 g/mol. The summed E-state index contributed by atoms with van der Waals surface area (Å²) in [6, 6.07) is 10.5. The Morgan fingerprint density at radius 2 is 1.89 bits per heavy atom. The molecule has 0 radical (unpaired) electrons. The van der Waals surface area contributed by atoms with Gasteiger partial charge in [-0.05, 0) is 48.9 Å². The van der Waals surface area contributed by atoms with Crippen LogP contribution in [0.4, 0.5) is 18.9 Å². The number of ether oxygens (including phenoxy) is 1. The molecule has 142 valence electrons. The van der Waals surface area contributed by atoms with Crippen LogP contribution in [0.25, 0.3) is 10.9 Å². The highest BCUT2D eigenvalue weighted by Gasteiger charge is 2.30. The van der Waals surface area contributed by atoms with Gasteiger partial charge in [0, 0.05) is 30.4 Å². The maximum Gasteiger partial charge on any atom is 0.416 e. The van der Waals surface area contributed by atoms with Gasteiger partial charge in [-0.3, -0.25) is 4.79 Å². The van der Waals surface area contributed by atoms with Crippen LogP contribution in [0, 0.1) is 0 Å². The van der Waals surface area contributed by atoms with Crippen LogP contribution in [0.5, 0.6) is 5.75 Å². The third kappa shape index (κ3) is 4.61. The number of carbonyl (C=O) groups excluding carboxylic acids is 1. The summed E-state index contributed by atoms with van der Waals surface area (Å²) in [5.41, 5.74) is 1.90. The molecule has 1 aromatic heterocycles. The Labute approximate surface area is 154 Å². The van der Waals surface area contributed by atoms with E-state index < -0.39 is 11.7 Å². The van der Waals surface area contributed by atoms with Crippen LogP contribution in [0.2, 0.25) is 0 Å². The first-order valence-corrected chi connectivity index (χ1v) is 8.44. The molecule has 2 aromatic carbocycles. The third-order valence-electron chi connectivity index (χ3n) is 4.10. The third-order valence-corrected chi connectivity index (χ3v) is 4.10. The molecule has 0 aliphatic heterocycles. The molecule has 1 atom stereocenters. The zero-order valence-corrected chi connectivity index (χ0v) is 14.9. The van der Waals surface area contributed by atoms with Gasteiger partial charge in [0.25, 0.3) is 0 Å². The van der Waals surface area contributed by atoms with Crippen molar-refractivity contribution in [3.05, 3.63) is 59.8 Å². The van der Waals surface area contributed by atoms with Crippen molar-refractivity contribution < 1.29 is 22.7 Å². The van der Waals surface area contributed by atoms with E-state index in [-0.39, 0.29) is 12.0 Å². The minimum absolute atomic E-state index is 0.152. The van der Waals surface area contributed by atoms with Gasteiger partial charge in [-0.15, -0.1) is 0 Å². The lowest BCUT2D eigenvalue weighted by atomic mass is 10.1. The summed E-state index contributed by atoms with van der Waals surface area (Å²) in [5.74, 6) is 0.234. The summed E-state index contributed by atoms with van der Waals surface area (Å²) in [7, 11) is 0. The quantitative estimate of drug-likeness (QED) is 0.647. The lowest BCUT2D eigenvalue weighted by molar-refractivity contribution is -0.137. The maximum absolute atomic E-state index is 12.6. The first-order chi connectivity index (χ1) is 12.7. The van der Waals surface area contributed by atoms with Gasteiger partial charge < -0.3 is 15.0 Å². The Bertz CT molecular complexity index is 946. The maximum atomic E-state index is 12.6. The van der Waals surface area contributed by atoms with Crippen molar-refractivity contribution in [2.75, 3.05) is 5.32 Å². The number of carbonyl (C=O) groups is 1. The molecule has 0 fully saturated rings. The highest BCUT2D eigenvalue weighted by atomic mass is 19.4. The van der Waals surface area contributed by atoms with Crippen molar-refractivity contribution in [3.8, 4) is 5.75 Å². The zero-order chi connectivity index (χ0) is 19.6. The number of hydrogen-bond acceptors (Lipinski definition) is 2. The van der Waals surface area contributed by atoms with Crippen LogP contribution >= 0.6 is 0 Å². The number of amides is 1. The average Bonchev–Trinajstić information content (AvgIpc) is 2.96. The molecule has 3 rings (SSSR count). The number of aromatic amines is 1. The number of aromatic nitrogens is 1. The van der Waals surface area contributed by atoms with Crippen molar-refractivity contribution in [2.45, 2.75) is 32.5 Å². The van der Waals surface area contributed by atoms with Crippen molar-refractivity contribution >= 4 is 22.5 Å². The molecule has 1 unspecified atom stereocenters. The molecule has 1 amide bonds. The van der Waals surface area contributed by atoms with Crippen LogP contribution in [0.1, 0.15) is 25.0 Å². The van der Waals surface area contributed by atoms with E-state index in [1.54, 1.807) is 6.20 Å². The number of benzene rings is 2. The second kappa shape index (κ2) is 7.34. The molecule has 0 saturated carbocycles. The molecule has 7 heteroatoms. The topological polar surface area (TPSA) is 54.1 Å². The van der Waals surface area contributed by atoms with Gasteiger partial charge in [-0.2, -0.15) is 13.2 Å². The average molecular weight is 376 g/mol. The number of fused-ring (bicyclic) bond motifs is 1. The molecule has 0 bridgehead atoms. The van der Waals surface area contributed by atoms with Crippen LogP contribution in [-0.4, -0.2) is 17.0 Å². The Morgan fingerprint density at radius 1 is 1.19 bits per heavy atom. The van der Waals surface area contributed by atoms with Crippen molar-refractivity contribution in [2.24, 2.45) is 0 Å². The smallest absolute Gasteiger partial charge is 0.416 e. The minimum Gasteiger partial charge on any atom is -0.490 e. The van der Waals surface area contributed by atoms with Crippen LogP contribution < -0.4 is 10.1 Å². The molecule has 2 N–H and O–H groups in total. The van der Waals surface area contributed by atoms with E-state index >= 15 is 0 Å². The van der Waals surface area contributed by atoms with Crippen LogP contribution in [0.3, 0.4) is 0 Å². The number of alkyl halides is 3. The fourth-order valence-corrected chi connectivity index (χ4v) is 2.92. The molecule has 1 heterocycles. The molecule has 27 heavy (non-hydrogen) atoms. The Hall–Kier alpha value is -2.96. The van der Waals surface area contributed by atoms with E-state index in [0.717, 1.165) is 28.6 Å². The molecule has 4 nitrogen and oxygen atoms in total. The molecule has 0 aliphatic rings. The zero-order valence-electron chi connectivity index (χ0n) is 14.9. The predicted octanol–water partition coefficient (Wildman–Crippen LogP) is 5.16. The van der Waals surface area contributed by atoms with Gasteiger partial charge in [-0.25, -0.2) is 0 Å². The lowest BCUT2D eigenvalue weighted by Gasteiger charge is -2.16. The van der Waals surface area contributed by atoms with E-state index in [0.29, 0.717) is 17.9 Å². The summed E-state index contributed by atoms with van der Waals surface area (Å²) >= 11 is 0. The van der Waals surface area contributed by atoms with Gasteiger partial charge in [0.1, 0.15) is 5.75 Å². The van der Waals surface area contributed by atoms with Crippen LogP contribution in [-0.2, 0) is 17.4 Å². The number of H-pyrrole nitrogens is 1. The second-order valence-electron chi connectivity index (χ2n) is 6.42. The number of hydrogen-bond donors (Lipinski definition) is 2. The van der Waals surface area contributed by atoms with E-state index in [1.807, 2.05) is 25.1 Å². The number of halogens is 3. The fourth-order valence-electron chi connectivity index (χ4n) is 2.92. The predicted molar refractivity (Wildman–Crippen MR) is 97.8 cm³/mol. The fraction of sp³-hybridized carbons (Fsp3) is 0.250.